The molecule has 18 nitrogen and oxygen atoms in total. The highest BCUT2D eigenvalue weighted by atomic mass is 16.6. The number of rotatable bonds is 10. The van der Waals surface area contributed by atoms with Crippen LogP contribution in [-0.4, -0.2) is 132 Å². The maximum Gasteiger partial charge on any atom is 0.408 e. The van der Waals surface area contributed by atoms with Gasteiger partial charge in [-0.2, -0.15) is 0 Å². The van der Waals surface area contributed by atoms with Gasteiger partial charge in [-0.3, -0.25) is 19.2 Å². The third-order valence-electron chi connectivity index (χ3n) is 9.74. The smallest absolute Gasteiger partial charge is 0.408 e. The zero-order valence-corrected chi connectivity index (χ0v) is 37.4. The largest absolute Gasteiger partial charge is 0.467 e. The van der Waals surface area contributed by atoms with Crippen molar-refractivity contribution < 1.29 is 57.3 Å². The Hall–Kier alpha value is -5.42. The molecule has 18 heteroatoms. The first-order chi connectivity index (χ1) is 27.4. The molecule has 0 aliphatic carbocycles. The van der Waals surface area contributed by atoms with E-state index >= 15 is 0 Å². The molecule has 2 aliphatic rings. The topological polar surface area (TPSA) is 228 Å². The van der Waals surface area contributed by atoms with Crippen molar-refractivity contribution in [1.82, 2.24) is 31.1 Å². The number of amides is 6. The zero-order chi connectivity index (χ0) is 45.7. The Morgan fingerprint density at radius 1 is 0.550 bits per heavy atom. The average Bonchev–Trinajstić information content (AvgIpc) is 3.74. The molecule has 2 saturated heterocycles. The molecule has 0 saturated carbocycles. The Morgan fingerprint density at radius 2 is 0.850 bits per heavy atom. The number of alkyl carbamates (subject to hydrolysis) is 2. The van der Waals surface area contributed by atoms with Gasteiger partial charge in [0.25, 0.3) is 11.8 Å². The molecule has 0 radical (unpaired) electrons. The normalized spacial score (nSPS) is 20.6. The number of likely N-dealkylation sites (tertiary alicyclic amines) is 2. The highest BCUT2D eigenvalue weighted by Gasteiger charge is 2.48. The van der Waals surface area contributed by atoms with E-state index in [0.717, 1.165) is 0 Å². The van der Waals surface area contributed by atoms with E-state index in [1.165, 1.54) is 48.3 Å². The van der Waals surface area contributed by atoms with Crippen LogP contribution in [-0.2, 0) is 38.1 Å². The van der Waals surface area contributed by atoms with Crippen molar-refractivity contribution in [2.75, 3.05) is 27.3 Å². The number of ether oxygens (including phenoxy) is 4. The Labute approximate surface area is 352 Å². The second-order valence-corrected chi connectivity index (χ2v) is 19.3. The summed E-state index contributed by atoms with van der Waals surface area (Å²) in [6.45, 7) is 20.7. The fourth-order valence-electron chi connectivity index (χ4n) is 6.88. The lowest BCUT2D eigenvalue weighted by atomic mass is 9.85. The quantitative estimate of drug-likeness (QED) is 0.197. The molecule has 0 aromatic heterocycles. The van der Waals surface area contributed by atoms with Gasteiger partial charge in [-0.15, -0.1) is 0 Å². The summed E-state index contributed by atoms with van der Waals surface area (Å²) in [5.41, 5.74) is -2.80. The molecule has 1 aromatic rings. The molecule has 334 valence electrons. The monoisotopic (exact) mass is 844 g/mol. The van der Waals surface area contributed by atoms with Crippen LogP contribution in [0.4, 0.5) is 9.59 Å². The molecule has 2 fully saturated rings. The average molecular weight is 845 g/mol. The van der Waals surface area contributed by atoms with Crippen LogP contribution < -0.4 is 21.3 Å². The number of hydrogen-bond acceptors (Lipinski definition) is 12. The summed E-state index contributed by atoms with van der Waals surface area (Å²) in [5, 5.41) is 11.0. The van der Waals surface area contributed by atoms with Gasteiger partial charge in [-0.1, -0.05) is 41.5 Å². The number of nitrogens with zero attached hydrogens (tertiary/aromatic N) is 2. The fraction of sp³-hybridized carbons (Fsp3) is 0.667. The summed E-state index contributed by atoms with van der Waals surface area (Å²) in [6, 6.07) is 0.220. The molecule has 1 unspecified atom stereocenters. The first-order valence-corrected chi connectivity index (χ1v) is 19.9. The molecule has 60 heavy (non-hydrogen) atoms. The predicted molar refractivity (Wildman–Crippen MR) is 218 cm³/mol. The molecular weight excluding hydrogens is 780 g/mol. The number of carbonyl (C=O) groups is 8. The van der Waals surface area contributed by atoms with Crippen LogP contribution in [0.3, 0.4) is 0 Å². The summed E-state index contributed by atoms with van der Waals surface area (Å²) >= 11 is 0. The Bertz CT molecular complexity index is 1660. The van der Waals surface area contributed by atoms with E-state index < -0.39 is 106 Å². The predicted octanol–water partition coefficient (Wildman–Crippen LogP) is 3.31. The molecule has 6 atom stereocenters. The summed E-state index contributed by atoms with van der Waals surface area (Å²) in [7, 11) is 2.40. The minimum Gasteiger partial charge on any atom is -0.467 e. The van der Waals surface area contributed by atoms with Crippen LogP contribution in [0.15, 0.2) is 24.3 Å². The molecule has 2 heterocycles. The number of methoxy groups -OCH3 is 2. The third kappa shape index (κ3) is 13.3. The van der Waals surface area contributed by atoms with E-state index in [0.29, 0.717) is 0 Å². The van der Waals surface area contributed by atoms with Crippen LogP contribution in [0.1, 0.15) is 117 Å². The summed E-state index contributed by atoms with van der Waals surface area (Å²) in [5.74, 6) is -3.50. The summed E-state index contributed by atoms with van der Waals surface area (Å²) < 4.78 is 20.7. The first kappa shape index (κ1) is 48.9. The van der Waals surface area contributed by atoms with Gasteiger partial charge in [0.05, 0.1) is 14.2 Å². The van der Waals surface area contributed by atoms with E-state index in [1.54, 1.807) is 83.1 Å². The van der Waals surface area contributed by atoms with Crippen molar-refractivity contribution in [2.45, 2.75) is 143 Å². The lowest BCUT2D eigenvalue weighted by Crippen LogP contribution is -2.57. The fourth-order valence-corrected chi connectivity index (χ4v) is 6.88. The molecular formula is C42H64N6O12. The van der Waals surface area contributed by atoms with Gasteiger partial charge in [0.2, 0.25) is 11.8 Å². The molecule has 1 aromatic carbocycles. The second kappa shape index (κ2) is 18.9. The van der Waals surface area contributed by atoms with Crippen LogP contribution >= 0.6 is 0 Å². The Morgan fingerprint density at radius 3 is 1.10 bits per heavy atom. The second-order valence-electron chi connectivity index (χ2n) is 19.3. The Balaban J connectivity index is 1.72. The molecule has 0 spiro atoms. The number of carbonyl (C=O) groups excluding carboxylic acids is 8. The molecule has 0 bridgehead atoms. The molecule has 6 amide bonds. The van der Waals surface area contributed by atoms with Crippen LogP contribution in [0.5, 0.6) is 0 Å². The summed E-state index contributed by atoms with van der Waals surface area (Å²) in [4.78, 5) is 108. The van der Waals surface area contributed by atoms with E-state index in [9.17, 15) is 38.4 Å². The first-order valence-electron chi connectivity index (χ1n) is 19.9. The lowest BCUT2D eigenvalue weighted by molar-refractivity contribution is -0.152. The van der Waals surface area contributed by atoms with E-state index in [2.05, 4.69) is 21.3 Å². The molecule has 3 rings (SSSR count). The maximum atomic E-state index is 14.0. The molecule has 2 aliphatic heterocycles. The maximum absolute atomic E-state index is 14.0. The van der Waals surface area contributed by atoms with Gasteiger partial charge in [0.1, 0.15) is 35.4 Å². The van der Waals surface area contributed by atoms with Crippen molar-refractivity contribution in [3.63, 3.8) is 0 Å². The number of esters is 2. The van der Waals surface area contributed by atoms with Gasteiger partial charge in [0.15, 0.2) is 0 Å². The van der Waals surface area contributed by atoms with Gasteiger partial charge in [0, 0.05) is 49.1 Å². The van der Waals surface area contributed by atoms with Crippen molar-refractivity contribution >= 4 is 47.8 Å². The van der Waals surface area contributed by atoms with Crippen molar-refractivity contribution in [3.8, 4) is 0 Å². The van der Waals surface area contributed by atoms with Gasteiger partial charge in [-0.25, -0.2) is 19.2 Å². The van der Waals surface area contributed by atoms with Crippen molar-refractivity contribution in [2.24, 2.45) is 10.8 Å². The van der Waals surface area contributed by atoms with E-state index in [4.69, 9.17) is 18.9 Å². The van der Waals surface area contributed by atoms with E-state index in [1.807, 2.05) is 0 Å². The zero-order valence-electron chi connectivity index (χ0n) is 37.4. The van der Waals surface area contributed by atoms with E-state index in [-0.39, 0.29) is 37.1 Å². The number of nitrogens with one attached hydrogen (secondary N) is 4. The van der Waals surface area contributed by atoms with Crippen LogP contribution in [0.25, 0.3) is 0 Å². The summed E-state index contributed by atoms with van der Waals surface area (Å²) in [6.07, 6.45) is -1.49. The SMILES string of the molecule is COC(=O)C1C[C@H](NC(=O)c2ccc(C(=O)N[C@H]3C[C@@H](C(=O)OC)N(C(=O)[C@@H](NC(=O)OC(C)(C)C)C(C)(C)C)C3)cc2)CN1C(=O)[C@@H](NC(=O)OC(C)(C)C)C(C)(C)C. The van der Waals surface area contributed by atoms with Crippen molar-refractivity contribution in [1.29, 1.82) is 0 Å². The minimum atomic E-state index is -1.08. The van der Waals surface area contributed by atoms with Gasteiger partial charge >= 0.3 is 24.1 Å². The number of benzene rings is 1. The van der Waals surface area contributed by atoms with Gasteiger partial charge < -0.3 is 50.0 Å². The molecule has 4 N–H and O–H groups in total. The standard InChI is InChI=1S/C42H64N6O12/c1-39(2,3)29(45-37(55)59-41(7,8)9)33(51)47-21-25(19-27(47)35(53)57-13)43-31(49)23-15-17-24(18-16-23)32(50)44-26-20-28(36(54)58-14)48(22-26)34(52)30(40(4,5)6)46-38(56)60-42(10,11)12/h15-18,25-30H,19-22H2,1-14H3,(H,43,49)(H,44,50)(H,45,55)(H,46,56)/t25-,26-,27-,28?,29+,30+/m0/s1. The van der Waals surface area contributed by atoms with Gasteiger partial charge in [-0.05, 0) is 76.6 Å². The van der Waals surface area contributed by atoms with Crippen molar-refractivity contribution in [3.05, 3.63) is 35.4 Å². The minimum absolute atomic E-state index is 0.0472. The Kier molecular flexibility index (Phi) is 15.4. The van der Waals surface area contributed by atoms with Crippen LogP contribution in [0, 0.1) is 10.8 Å². The third-order valence-corrected chi connectivity index (χ3v) is 9.74. The highest BCUT2D eigenvalue weighted by Crippen LogP contribution is 2.29. The highest BCUT2D eigenvalue weighted by molar-refractivity contribution is 5.99. The lowest BCUT2D eigenvalue weighted by Gasteiger charge is -2.35. The van der Waals surface area contributed by atoms with Crippen LogP contribution in [0.2, 0.25) is 0 Å². The number of hydrogen-bond donors (Lipinski definition) is 4.